The van der Waals surface area contributed by atoms with E-state index in [4.69, 9.17) is 4.74 Å². The first-order valence-electron chi connectivity index (χ1n) is 7.74. The predicted octanol–water partition coefficient (Wildman–Crippen LogP) is 2.27. The Labute approximate surface area is 112 Å². The maximum absolute atomic E-state index is 5.52. The first-order valence-corrected chi connectivity index (χ1v) is 7.74. The van der Waals surface area contributed by atoms with Crippen molar-refractivity contribution in [2.45, 2.75) is 51.5 Å². The summed E-state index contributed by atoms with van der Waals surface area (Å²) in [6.45, 7) is 7.76. The molecule has 1 atom stereocenters. The van der Waals surface area contributed by atoms with Gasteiger partial charge in [-0.25, -0.2) is 0 Å². The Morgan fingerprint density at radius 3 is 2.72 bits per heavy atom. The minimum atomic E-state index is 0.534. The van der Waals surface area contributed by atoms with Gasteiger partial charge in [0.15, 0.2) is 0 Å². The molecule has 0 aromatic heterocycles. The lowest BCUT2D eigenvalue weighted by Gasteiger charge is -2.36. The van der Waals surface area contributed by atoms with Crippen LogP contribution < -0.4 is 5.32 Å². The van der Waals surface area contributed by atoms with Gasteiger partial charge in [-0.05, 0) is 44.7 Å². The molecule has 1 unspecified atom stereocenters. The zero-order valence-corrected chi connectivity index (χ0v) is 12.2. The van der Waals surface area contributed by atoms with Crippen LogP contribution in [0.15, 0.2) is 0 Å². The molecule has 2 fully saturated rings. The van der Waals surface area contributed by atoms with Gasteiger partial charge in [0, 0.05) is 25.7 Å². The van der Waals surface area contributed by atoms with E-state index in [0.717, 1.165) is 19.8 Å². The summed E-state index contributed by atoms with van der Waals surface area (Å²) in [5.41, 5.74) is 0.534. The zero-order valence-electron chi connectivity index (χ0n) is 12.2. The molecule has 0 aromatic rings. The van der Waals surface area contributed by atoms with E-state index < -0.39 is 0 Å². The molecule has 3 nitrogen and oxygen atoms in total. The summed E-state index contributed by atoms with van der Waals surface area (Å²) in [7, 11) is 2.29. The number of hydrogen-bond acceptors (Lipinski definition) is 3. The Morgan fingerprint density at radius 2 is 2.11 bits per heavy atom. The van der Waals surface area contributed by atoms with Gasteiger partial charge >= 0.3 is 0 Å². The van der Waals surface area contributed by atoms with Crippen molar-refractivity contribution in [2.75, 3.05) is 39.9 Å². The lowest BCUT2D eigenvalue weighted by Crippen LogP contribution is -2.45. The van der Waals surface area contributed by atoms with Gasteiger partial charge in [0.1, 0.15) is 0 Å². The third-order valence-electron chi connectivity index (χ3n) is 4.70. The van der Waals surface area contributed by atoms with E-state index in [1.807, 2.05) is 0 Å². The Bertz CT molecular complexity index is 233. The molecule has 0 bridgehead atoms. The number of hydrogen-bond donors (Lipinski definition) is 1. The summed E-state index contributed by atoms with van der Waals surface area (Å²) in [5.74, 6) is 0. The molecule has 1 aliphatic carbocycles. The molecule has 0 amide bonds. The van der Waals surface area contributed by atoms with E-state index in [1.54, 1.807) is 0 Å². The maximum atomic E-state index is 5.52. The van der Waals surface area contributed by atoms with Crippen LogP contribution in [-0.2, 0) is 4.74 Å². The van der Waals surface area contributed by atoms with E-state index in [1.165, 1.54) is 51.6 Å². The van der Waals surface area contributed by atoms with Gasteiger partial charge in [0.2, 0.25) is 0 Å². The van der Waals surface area contributed by atoms with Gasteiger partial charge in [-0.15, -0.1) is 0 Å². The molecule has 0 aromatic carbocycles. The average Bonchev–Trinajstić information content (AvgIpc) is 3.00. The van der Waals surface area contributed by atoms with Crippen molar-refractivity contribution in [1.82, 2.24) is 10.2 Å². The number of nitrogens with zero attached hydrogens (tertiary/aromatic N) is 1. The van der Waals surface area contributed by atoms with E-state index in [2.05, 4.69) is 24.2 Å². The normalized spacial score (nSPS) is 27.2. The SMILES string of the molecule is CCCNCC1(CN(C)C2CCOC2)CCCC1. The number of likely N-dealkylation sites (N-methyl/N-ethyl adjacent to an activating group) is 1. The highest BCUT2D eigenvalue weighted by molar-refractivity contribution is 4.90. The molecule has 1 saturated heterocycles. The van der Waals surface area contributed by atoms with E-state index in [0.29, 0.717) is 11.5 Å². The zero-order chi connectivity index (χ0) is 12.8. The maximum Gasteiger partial charge on any atom is 0.0622 e. The topological polar surface area (TPSA) is 24.5 Å². The highest BCUT2D eigenvalue weighted by atomic mass is 16.5. The second-order valence-electron chi connectivity index (χ2n) is 6.32. The molecule has 0 spiro atoms. The summed E-state index contributed by atoms with van der Waals surface area (Å²) in [5, 5.41) is 3.66. The van der Waals surface area contributed by atoms with Crippen LogP contribution in [0.1, 0.15) is 45.4 Å². The molecule has 1 saturated carbocycles. The Balaban J connectivity index is 1.84. The van der Waals surface area contributed by atoms with E-state index in [-0.39, 0.29) is 0 Å². The fourth-order valence-corrected chi connectivity index (χ4v) is 3.57. The van der Waals surface area contributed by atoms with E-state index >= 15 is 0 Å². The van der Waals surface area contributed by atoms with Gasteiger partial charge in [-0.2, -0.15) is 0 Å². The summed E-state index contributed by atoms with van der Waals surface area (Å²) in [6.07, 6.45) is 8.10. The van der Waals surface area contributed by atoms with Gasteiger partial charge < -0.3 is 15.0 Å². The fourth-order valence-electron chi connectivity index (χ4n) is 3.57. The van der Waals surface area contributed by atoms with Crippen molar-refractivity contribution in [2.24, 2.45) is 5.41 Å². The van der Waals surface area contributed by atoms with Gasteiger partial charge in [0.05, 0.1) is 6.61 Å². The van der Waals surface area contributed by atoms with Crippen molar-refractivity contribution < 1.29 is 4.74 Å². The van der Waals surface area contributed by atoms with Crippen molar-refractivity contribution in [3.8, 4) is 0 Å². The fraction of sp³-hybridized carbons (Fsp3) is 1.00. The summed E-state index contributed by atoms with van der Waals surface area (Å²) in [4.78, 5) is 2.56. The third kappa shape index (κ3) is 3.69. The third-order valence-corrected chi connectivity index (χ3v) is 4.70. The number of rotatable bonds is 7. The second-order valence-corrected chi connectivity index (χ2v) is 6.32. The van der Waals surface area contributed by atoms with Crippen LogP contribution >= 0.6 is 0 Å². The largest absolute Gasteiger partial charge is 0.380 e. The Kier molecular flexibility index (Phi) is 5.46. The van der Waals surface area contributed by atoms with Gasteiger partial charge in [-0.3, -0.25) is 0 Å². The molecule has 106 valence electrons. The van der Waals surface area contributed by atoms with E-state index in [9.17, 15) is 0 Å². The molecule has 18 heavy (non-hydrogen) atoms. The van der Waals surface area contributed by atoms with Crippen LogP contribution in [-0.4, -0.2) is 50.8 Å². The lowest BCUT2D eigenvalue weighted by atomic mass is 9.85. The number of ether oxygens (including phenoxy) is 1. The molecule has 1 aliphatic heterocycles. The van der Waals surface area contributed by atoms with Crippen molar-refractivity contribution in [3.05, 3.63) is 0 Å². The molecule has 2 aliphatic rings. The minimum Gasteiger partial charge on any atom is -0.380 e. The minimum absolute atomic E-state index is 0.534. The molecule has 0 radical (unpaired) electrons. The van der Waals surface area contributed by atoms with Crippen LogP contribution in [0.2, 0.25) is 0 Å². The average molecular weight is 254 g/mol. The molecule has 3 heteroatoms. The first-order chi connectivity index (χ1) is 8.76. The predicted molar refractivity (Wildman–Crippen MR) is 75.9 cm³/mol. The summed E-state index contributed by atoms with van der Waals surface area (Å²) < 4.78 is 5.52. The lowest BCUT2D eigenvalue weighted by molar-refractivity contribution is 0.115. The molecule has 1 heterocycles. The Hall–Kier alpha value is -0.120. The highest BCUT2D eigenvalue weighted by Crippen LogP contribution is 2.38. The van der Waals surface area contributed by atoms with Crippen molar-refractivity contribution >= 4 is 0 Å². The molecular formula is C15H30N2O. The van der Waals surface area contributed by atoms with Crippen LogP contribution in [0.5, 0.6) is 0 Å². The van der Waals surface area contributed by atoms with Crippen LogP contribution in [0.25, 0.3) is 0 Å². The molecule has 1 N–H and O–H groups in total. The second kappa shape index (κ2) is 6.88. The molecule has 2 rings (SSSR count). The van der Waals surface area contributed by atoms with Crippen LogP contribution in [0.4, 0.5) is 0 Å². The smallest absolute Gasteiger partial charge is 0.0622 e. The monoisotopic (exact) mass is 254 g/mol. The van der Waals surface area contributed by atoms with Crippen LogP contribution in [0, 0.1) is 5.41 Å². The Morgan fingerprint density at radius 1 is 1.33 bits per heavy atom. The summed E-state index contributed by atoms with van der Waals surface area (Å²) in [6, 6.07) is 0.661. The number of nitrogens with one attached hydrogen (secondary N) is 1. The standard InChI is InChI=1S/C15H30N2O/c1-3-9-16-12-15(7-4-5-8-15)13-17(2)14-6-10-18-11-14/h14,16H,3-13H2,1-2H3. The van der Waals surface area contributed by atoms with Gasteiger partial charge in [0.25, 0.3) is 0 Å². The van der Waals surface area contributed by atoms with Crippen LogP contribution in [0.3, 0.4) is 0 Å². The molecular weight excluding hydrogens is 224 g/mol. The van der Waals surface area contributed by atoms with Crippen molar-refractivity contribution in [1.29, 1.82) is 0 Å². The van der Waals surface area contributed by atoms with Gasteiger partial charge in [-0.1, -0.05) is 19.8 Å². The first kappa shape index (κ1) is 14.3. The quantitative estimate of drug-likeness (QED) is 0.705. The summed E-state index contributed by atoms with van der Waals surface area (Å²) >= 11 is 0. The van der Waals surface area contributed by atoms with Crippen molar-refractivity contribution in [3.63, 3.8) is 0 Å². The highest BCUT2D eigenvalue weighted by Gasteiger charge is 2.36.